The summed E-state index contributed by atoms with van der Waals surface area (Å²) in [5.74, 6) is -0.0819. The van der Waals surface area contributed by atoms with Crippen LogP contribution in [-0.2, 0) is 21.0 Å². The molecule has 4 rings (SSSR count). The molecule has 1 amide bonds. The molecule has 2 unspecified atom stereocenters. The Hall–Kier alpha value is -3.24. The highest BCUT2D eigenvalue weighted by Crippen LogP contribution is 2.37. The molecule has 3 aromatic carbocycles. The molecule has 11 heteroatoms. The standard InChI is InChI=1S/C29H31ClF3N3O3S/c1-20-7-6-16-35(18-20)24-13-10-22(11-14-24)21(2)34-28(37)19-36(40(38,39)25-8-4-3-5-9-25)27-17-23(29(31,32)33)12-15-26(27)30/h3-5,8-15,17,20-21H,6-7,16,18-19H2,1-2H3,(H,34,37). The third-order valence-corrected chi connectivity index (χ3v) is 9.05. The van der Waals surface area contributed by atoms with Crippen LogP contribution in [0.5, 0.6) is 0 Å². The van der Waals surface area contributed by atoms with Crippen LogP contribution in [-0.4, -0.2) is 34.0 Å². The molecular formula is C29H31ClF3N3O3S. The Labute approximate surface area is 237 Å². The van der Waals surface area contributed by atoms with Gasteiger partial charge >= 0.3 is 6.18 Å². The van der Waals surface area contributed by atoms with Gasteiger partial charge < -0.3 is 10.2 Å². The number of carbonyl (C=O) groups is 1. The summed E-state index contributed by atoms with van der Waals surface area (Å²) in [6.45, 7) is 5.18. The minimum atomic E-state index is -4.74. The van der Waals surface area contributed by atoms with Gasteiger partial charge in [-0.2, -0.15) is 13.2 Å². The number of sulfonamides is 1. The van der Waals surface area contributed by atoms with Gasteiger partial charge in [0, 0.05) is 18.8 Å². The van der Waals surface area contributed by atoms with Crippen molar-refractivity contribution in [3.05, 3.63) is 88.9 Å². The smallest absolute Gasteiger partial charge is 0.371 e. The highest BCUT2D eigenvalue weighted by molar-refractivity contribution is 7.92. The zero-order chi connectivity index (χ0) is 29.1. The van der Waals surface area contributed by atoms with Crippen molar-refractivity contribution in [1.29, 1.82) is 0 Å². The number of alkyl halides is 3. The summed E-state index contributed by atoms with van der Waals surface area (Å²) in [5, 5.41) is 2.53. The molecule has 0 spiro atoms. The van der Waals surface area contributed by atoms with Gasteiger partial charge in [-0.1, -0.05) is 48.9 Å². The SMILES string of the molecule is CC1CCCN(c2ccc(C(C)NC(=O)CN(c3cc(C(F)(F)F)ccc3Cl)S(=O)(=O)c3ccccc3)cc2)C1. The van der Waals surface area contributed by atoms with Crippen molar-refractivity contribution in [2.24, 2.45) is 5.92 Å². The van der Waals surface area contributed by atoms with Crippen LogP contribution in [0.1, 0.15) is 43.9 Å². The van der Waals surface area contributed by atoms with E-state index in [0.29, 0.717) is 16.3 Å². The summed E-state index contributed by atoms with van der Waals surface area (Å²) in [4.78, 5) is 15.3. The molecule has 0 aromatic heterocycles. The van der Waals surface area contributed by atoms with Gasteiger partial charge in [-0.25, -0.2) is 8.42 Å². The van der Waals surface area contributed by atoms with Gasteiger partial charge in [-0.3, -0.25) is 9.10 Å². The van der Waals surface area contributed by atoms with Gasteiger partial charge in [0.2, 0.25) is 5.91 Å². The lowest BCUT2D eigenvalue weighted by Crippen LogP contribution is -2.41. The van der Waals surface area contributed by atoms with Crippen LogP contribution < -0.4 is 14.5 Å². The van der Waals surface area contributed by atoms with Crippen molar-refractivity contribution < 1.29 is 26.4 Å². The lowest BCUT2D eigenvalue weighted by Gasteiger charge is -2.33. The maximum absolute atomic E-state index is 13.5. The molecule has 0 saturated carbocycles. The molecule has 40 heavy (non-hydrogen) atoms. The molecular weight excluding hydrogens is 563 g/mol. The van der Waals surface area contributed by atoms with Gasteiger partial charge in [0.05, 0.1) is 27.2 Å². The molecule has 3 aromatic rings. The molecule has 1 saturated heterocycles. The molecule has 1 N–H and O–H groups in total. The molecule has 6 nitrogen and oxygen atoms in total. The number of nitrogens with zero attached hydrogens (tertiary/aromatic N) is 2. The van der Waals surface area contributed by atoms with Crippen molar-refractivity contribution in [1.82, 2.24) is 5.32 Å². The third kappa shape index (κ3) is 6.90. The second-order valence-corrected chi connectivity index (χ2v) is 12.3. The summed E-state index contributed by atoms with van der Waals surface area (Å²) in [6, 6.07) is 16.8. The minimum absolute atomic E-state index is 0.188. The average Bonchev–Trinajstić information content (AvgIpc) is 2.92. The first kappa shape index (κ1) is 29.7. The fraction of sp³-hybridized carbons (Fsp3) is 0.345. The van der Waals surface area contributed by atoms with Crippen LogP contribution in [0.3, 0.4) is 0 Å². The maximum Gasteiger partial charge on any atom is 0.416 e. The molecule has 0 aliphatic carbocycles. The zero-order valence-electron chi connectivity index (χ0n) is 22.2. The van der Waals surface area contributed by atoms with Crippen LogP contribution in [0.15, 0.2) is 77.7 Å². The van der Waals surface area contributed by atoms with Gasteiger partial charge in [0.15, 0.2) is 0 Å². The first-order valence-corrected chi connectivity index (χ1v) is 14.8. The molecule has 0 radical (unpaired) electrons. The zero-order valence-corrected chi connectivity index (χ0v) is 23.7. The molecule has 214 valence electrons. The van der Waals surface area contributed by atoms with Gasteiger partial charge in [-0.05, 0) is 73.7 Å². The van der Waals surface area contributed by atoms with E-state index in [1.54, 1.807) is 13.0 Å². The highest BCUT2D eigenvalue weighted by Gasteiger charge is 2.34. The highest BCUT2D eigenvalue weighted by atomic mass is 35.5. The van der Waals surface area contributed by atoms with Crippen LogP contribution in [0.25, 0.3) is 0 Å². The quantitative estimate of drug-likeness (QED) is 0.317. The van der Waals surface area contributed by atoms with E-state index in [4.69, 9.17) is 11.6 Å². The Kier molecular flexibility index (Phi) is 8.99. The van der Waals surface area contributed by atoms with Crippen LogP contribution in [0.4, 0.5) is 24.5 Å². The van der Waals surface area contributed by atoms with Gasteiger partial charge in [-0.15, -0.1) is 0 Å². The van der Waals surface area contributed by atoms with E-state index in [-0.39, 0.29) is 9.92 Å². The first-order valence-electron chi connectivity index (χ1n) is 12.9. The van der Waals surface area contributed by atoms with Crippen molar-refractivity contribution in [2.45, 2.75) is 43.8 Å². The van der Waals surface area contributed by atoms with Crippen molar-refractivity contribution in [2.75, 3.05) is 28.8 Å². The van der Waals surface area contributed by atoms with E-state index in [2.05, 4.69) is 17.1 Å². The number of anilines is 2. The second kappa shape index (κ2) is 12.1. The number of hydrogen-bond donors (Lipinski definition) is 1. The molecule has 2 atom stereocenters. The predicted molar refractivity (Wildman–Crippen MR) is 151 cm³/mol. The number of carbonyl (C=O) groups excluding carboxylic acids is 1. The lowest BCUT2D eigenvalue weighted by atomic mass is 9.99. The summed E-state index contributed by atoms with van der Waals surface area (Å²) < 4.78 is 68.1. The number of rotatable bonds is 8. The summed E-state index contributed by atoms with van der Waals surface area (Å²) in [7, 11) is -4.44. The predicted octanol–water partition coefficient (Wildman–Crippen LogP) is 6.67. The van der Waals surface area contributed by atoms with Crippen molar-refractivity contribution in [3.8, 4) is 0 Å². The van der Waals surface area contributed by atoms with E-state index >= 15 is 0 Å². The van der Waals surface area contributed by atoms with E-state index < -0.39 is 45.9 Å². The molecule has 1 aliphatic rings. The summed E-state index contributed by atoms with van der Waals surface area (Å²) in [5.41, 5.74) is 0.366. The third-order valence-electron chi connectivity index (χ3n) is 6.95. The molecule has 0 bridgehead atoms. The maximum atomic E-state index is 13.5. The van der Waals surface area contributed by atoms with Crippen LogP contribution in [0.2, 0.25) is 5.02 Å². The van der Waals surface area contributed by atoms with Crippen LogP contribution in [0, 0.1) is 5.92 Å². The Morgan fingerprint density at radius 3 is 2.40 bits per heavy atom. The van der Waals surface area contributed by atoms with E-state index in [1.807, 2.05) is 24.3 Å². The first-order chi connectivity index (χ1) is 18.9. The second-order valence-electron chi connectivity index (χ2n) is 10.1. The monoisotopic (exact) mass is 593 g/mol. The van der Waals surface area contributed by atoms with E-state index in [9.17, 15) is 26.4 Å². The van der Waals surface area contributed by atoms with Gasteiger partial charge in [0.1, 0.15) is 6.54 Å². The average molecular weight is 594 g/mol. The number of halogens is 4. The number of nitrogens with one attached hydrogen (secondary N) is 1. The summed E-state index contributed by atoms with van der Waals surface area (Å²) in [6.07, 6.45) is -2.40. The largest absolute Gasteiger partial charge is 0.416 e. The minimum Gasteiger partial charge on any atom is -0.371 e. The number of benzene rings is 3. The molecule has 1 fully saturated rings. The normalized spacial score (nSPS) is 16.9. The number of amides is 1. The van der Waals surface area contributed by atoms with Crippen LogP contribution >= 0.6 is 11.6 Å². The fourth-order valence-corrected chi connectivity index (χ4v) is 6.52. The Balaban J connectivity index is 1.57. The Bertz CT molecular complexity index is 1430. The Morgan fingerprint density at radius 2 is 1.77 bits per heavy atom. The molecule has 1 aliphatic heterocycles. The number of piperidine rings is 1. The molecule has 1 heterocycles. The van der Waals surface area contributed by atoms with E-state index in [0.717, 1.165) is 42.9 Å². The summed E-state index contributed by atoms with van der Waals surface area (Å²) >= 11 is 6.20. The van der Waals surface area contributed by atoms with Crippen molar-refractivity contribution >= 4 is 38.9 Å². The van der Waals surface area contributed by atoms with Crippen molar-refractivity contribution in [3.63, 3.8) is 0 Å². The van der Waals surface area contributed by atoms with E-state index in [1.165, 1.54) is 30.7 Å². The van der Waals surface area contributed by atoms with Gasteiger partial charge in [0.25, 0.3) is 10.0 Å². The lowest BCUT2D eigenvalue weighted by molar-refractivity contribution is -0.137. The fourth-order valence-electron chi connectivity index (χ4n) is 4.80. The number of hydrogen-bond acceptors (Lipinski definition) is 4. The Morgan fingerprint density at radius 1 is 1.10 bits per heavy atom. The topological polar surface area (TPSA) is 69.7 Å².